The highest BCUT2D eigenvalue weighted by molar-refractivity contribution is 5.83. The summed E-state index contributed by atoms with van der Waals surface area (Å²) in [7, 11) is 1.68. The molecule has 86 valence electrons. The summed E-state index contributed by atoms with van der Waals surface area (Å²) in [4.78, 5) is 13.1. The molecular weight excluding hydrogens is 214 g/mol. The lowest BCUT2D eigenvalue weighted by Gasteiger charge is -2.09. The van der Waals surface area contributed by atoms with Gasteiger partial charge < -0.3 is 4.90 Å². The highest BCUT2D eigenvalue weighted by Gasteiger charge is 2.28. The number of likely N-dealkylation sites (N-methyl/N-ethyl adjacent to an activating group) is 1. The summed E-state index contributed by atoms with van der Waals surface area (Å²) in [5, 5.41) is 2.98. The highest BCUT2D eigenvalue weighted by Crippen LogP contribution is 2.12. The SMILES string of the molecule is CN1CN[C@@H](Cc2cc(F)cc(F)c2)C1=O. The second kappa shape index (κ2) is 4.17. The number of nitrogens with one attached hydrogen (secondary N) is 1. The third kappa shape index (κ3) is 2.19. The molecule has 1 aliphatic heterocycles. The van der Waals surface area contributed by atoms with E-state index >= 15 is 0 Å². The normalized spacial score (nSPS) is 20.6. The van der Waals surface area contributed by atoms with Gasteiger partial charge in [-0.05, 0) is 24.1 Å². The molecule has 1 aliphatic rings. The van der Waals surface area contributed by atoms with E-state index in [-0.39, 0.29) is 11.9 Å². The molecule has 0 saturated carbocycles. The summed E-state index contributed by atoms with van der Waals surface area (Å²) >= 11 is 0. The topological polar surface area (TPSA) is 32.3 Å². The molecule has 1 aromatic carbocycles. The van der Waals surface area contributed by atoms with Crippen LogP contribution < -0.4 is 5.32 Å². The van der Waals surface area contributed by atoms with Crippen molar-refractivity contribution in [1.29, 1.82) is 0 Å². The lowest BCUT2D eigenvalue weighted by atomic mass is 10.1. The predicted molar refractivity (Wildman–Crippen MR) is 54.6 cm³/mol. The standard InChI is InChI=1S/C11H12F2N2O/c1-15-6-14-10(11(15)16)4-7-2-8(12)5-9(13)3-7/h2-3,5,10,14H,4,6H2,1H3/t10-/m0/s1. The number of carbonyl (C=O) groups is 1. The Balaban J connectivity index is 2.12. The molecule has 1 heterocycles. The summed E-state index contributed by atoms with van der Waals surface area (Å²) in [6.07, 6.45) is 0.303. The van der Waals surface area contributed by atoms with Gasteiger partial charge in [0.05, 0.1) is 12.7 Å². The van der Waals surface area contributed by atoms with Crippen LogP contribution in [0.1, 0.15) is 5.56 Å². The first-order chi connectivity index (χ1) is 7.56. The maximum Gasteiger partial charge on any atom is 0.240 e. The van der Waals surface area contributed by atoms with Gasteiger partial charge in [-0.15, -0.1) is 0 Å². The van der Waals surface area contributed by atoms with E-state index in [0.717, 1.165) is 6.07 Å². The number of carbonyl (C=O) groups excluding carboxylic acids is 1. The Bertz CT molecular complexity index is 402. The molecule has 1 N–H and O–H groups in total. The molecule has 0 aliphatic carbocycles. The van der Waals surface area contributed by atoms with Gasteiger partial charge in [-0.3, -0.25) is 10.1 Å². The van der Waals surface area contributed by atoms with Gasteiger partial charge in [0.2, 0.25) is 5.91 Å². The molecule has 0 spiro atoms. The van der Waals surface area contributed by atoms with Crippen LogP contribution in [0.15, 0.2) is 18.2 Å². The predicted octanol–water partition coefficient (Wildman–Crippen LogP) is 0.895. The van der Waals surface area contributed by atoms with Gasteiger partial charge in [-0.1, -0.05) is 0 Å². The van der Waals surface area contributed by atoms with E-state index < -0.39 is 11.6 Å². The third-order valence-corrected chi connectivity index (χ3v) is 2.61. The maximum atomic E-state index is 12.9. The highest BCUT2D eigenvalue weighted by atomic mass is 19.1. The Hall–Kier alpha value is -1.49. The molecule has 0 bridgehead atoms. The summed E-state index contributed by atoms with van der Waals surface area (Å²) < 4.78 is 25.8. The molecular formula is C11H12F2N2O. The van der Waals surface area contributed by atoms with Gasteiger partial charge >= 0.3 is 0 Å². The Labute approximate surface area is 92.1 Å². The molecule has 1 fully saturated rings. The van der Waals surface area contributed by atoms with Crippen LogP contribution in [-0.2, 0) is 11.2 Å². The summed E-state index contributed by atoms with van der Waals surface area (Å²) in [5.41, 5.74) is 0.485. The second-order valence-electron chi connectivity index (χ2n) is 3.93. The molecule has 0 radical (unpaired) electrons. The molecule has 16 heavy (non-hydrogen) atoms. The van der Waals surface area contributed by atoms with Gasteiger partial charge in [-0.25, -0.2) is 8.78 Å². The average molecular weight is 226 g/mol. The fourth-order valence-electron chi connectivity index (χ4n) is 1.80. The van der Waals surface area contributed by atoms with Crippen molar-refractivity contribution >= 4 is 5.91 Å². The number of nitrogens with zero attached hydrogens (tertiary/aromatic N) is 1. The molecule has 5 heteroatoms. The number of hydrogen-bond donors (Lipinski definition) is 1. The smallest absolute Gasteiger partial charge is 0.240 e. The summed E-state index contributed by atoms with van der Waals surface area (Å²) in [6.45, 7) is 0.474. The van der Waals surface area contributed by atoms with Crippen molar-refractivity contribution in [2.24, 2.45) is 0 Å². The van der Waals surface area contributed by atoms with Gasteiger partial charge in [-0.2, -0.15) is 0 Å². The van der Waals surface area contributed by atoms with Crippen molar-refractivity contribution in [3.05, 3.63) is 35.4 Å². The molecule has 1 aromatic rings. The summed E-state index contributed by atoms with van der Waals surface area (Å²) in [5.74, 6) is -1.28. The van der Waals surface area contributed by atoms with E-state index in [1.54, 1.807) is 11.9 Å². The second-order valence-corrected chi connectivity index (χ2v) is 3.93. The molecule has 2 rings (SSSR count). The van der Waals surface area contributed by atoms with Crippen molar-refractivity contribution in [2.45, 2.75) is 12.5 Å². The first-order valence-corrected chi connectivity index (χ1v) is 4.99. The molecule has 3 nitrogen and oxygen atoms in total. The first-order valence-electron chi connectivity index (χ1n) is 4.99. The Kier molecular flexibility index (Phi) is 2.87. The van der Waals surface area contributed by atoms with Crippen molar-refractivity contribution in [3.8, 4) is 0 Å². The van der Waals surface area contributed by atoms with Gasteiger partial charge in [0.25, 0.3) is 0 Å². The van der Waals surface area contributed by atoms with Crippen molar-refractivity contribution in [1.82, 2.24) is 10.2 Å². The van der Waals surface area contributed by atoms with Crippen LogP contribution in [0.3, 0.4) is 0 Å². The van der Waals surface area contributed by atoms with Crippen LogP contribution in [0.25, 0.3) is 0 Å². The van der Waals surface area contributed by atoms with E-state index in [4.69, 9.17) is 0 Å². The van der Waals surface area contributed by atoms with Crippen LogP contribution in [0.4, 0.5) is 8.78 Å². The zero-order valence-corrected chi connectivity index (χ0v) is 8.84. The maximum absolute atomic E-state index is 12.9. The van der Waals surface area contributed by atoms with Gasteiger partial charge in [0, 0.05) is 13.1 Å². The monoisotopic (exact) mass is 226 g/mol. The lowest BCUT2D eigenvalue weighted by Crippen LogP contribution is -2.31. The van der Waals surface area contributed by atoms with Crippen LogP contribution in [-0.4, -0.2) is 30.6 Å². The average Bonchev–Trinajstić information content (AvgIpc) is 2.48. The lowest BCUT2D eigenvalue weighted by molar-refractivity contribution is -0.127. The zero-order valence-electron chi connectivity index (χ0n) is 8.84. The number of benzene rings is 1. The Morgan fingerprint density at radius 3 is 2.50 bits per heavy atom. The first kappa shape index (κ1) is 11.0. The number of rotatable bonds is 2. The van der Waals surface area contributed by atoms with Crippen LogP contribution >= 0.6 is 0 Å². The van der Waals surface area contributed by atoms with Crippen molar-refractivity contribution in [3.63, 3.8) is 0 Å². The molecule has 0 unspecified atom stereocenters. The number of hydrogen-bond acceptors (Lipinski definition) is 2. The van der Waals surface area contributed by atoms with Gasteiger partial charge in [0.1, 0.15) is 11.6 Å². The Morgan fingerprint density at radius 1 is 1.38 bits per heavy atom. The van der Waals surface area contributed by atoms with Crippen LogP contribution in [0, 0.1) is 11.6 Å². The van der Waals surface area contributed by atoms with E-state index in [1.807, 2.05) is 0 Å². The molecule has 1 saturated heterocycles. The fraction of sp³-hybridized carbons (Fsp3) is 0.364. The van der Waals surface area contributed by atoms with E-state index in [9.17, 15) is 13.6 Å². The minimum atomic E-state index is -0.617. The molecule has 0 aromatic heterocycles. The number of amides is 1. The fourth-order valence-corrected chi connectivity index (χ4v) is 1.80. The molecule has 1 amide bonds. The van der Waals surface area contributed by atoms with E-state index in [1.165, 1.54) is 12.1 Å². The van der Waals surface area contributed by atoms with Crippen LogP contribution in [0.2, 0.25) is 0 Å². The minimum Gasteiger partial charge on any atom is -0.332 e. The third-order valence-electron chi connectivity index (χ3n) is 2.61. The van der Waals surface area contributed by atoms with Crippen molar-refractivity contribution in [2.75, 3.05) is 13.7 Å². The van der Waals surface area contributed by atoms with E-state index in [2.05, 4.69) is 5.32 Å². The van der Waals surface area contributed by atoms with Gasteiger partial charge in [0.15, 0.2) is 0 Å². The summed E-state index contributed by atoms with van der Waals surface area (Å²) in [6, 6.07) is 2.93. The molecule has 1 atom stereocenters. The van der Waals surface area contributed by atoms with Crippen LogP contribution in [0.5, 0.6) is 0 Å². The Morgan fingerprint density at radius 2 is 2.00 bits per heavy atom. The van der Waals surface area contributed by atoms with Crippen molar-refractivity contribution < 1.29 is 13.6 Å². The largest absolute Gasteiger partial charge is 0.332 e. The quantitative estimate of drug-likeness (QED) is 0.812. The van der Waals surface area contributed by atoms with E-state index in [0.29, 0.717) is 18.7 Å². The minimum absolute atomic E-state index is 0.0512. The number of halogens is 2. The zero-order chi connectivity index (χ0) is 11.7.